The Hall–Kier alpha value is -1.26. The second kappa shape index (κ2) is 5.00. The van der Waals surface area contributed by atoms with Crippen LogP contribution in [0.25, 0.3) is 0 Å². The highest BCUT2D eigenvalue weighted by molar-refractivity contribution is 5.94. The summed E-state index contributed by atoms with van der Waals surface area (Å²) in [4.78, 5) is 15.7. The predicted molar refractivity (Wildman–Crippen MR) is 56.3 cm³/mol. The Balaban J connectivity index is 2.57. The van der Waals surface area contributed by atoms with Crippen molar-refractivity contribution in [3.05, 3.63) is 0 Å². The van der Waals surface area contributed by atoms with Crippen LogP contribution in [0, 0.1) is 5.53 Å². The van der Waals surface area contributed by atoms with Gasteiger partial charge in [0.05, 0.1) is 6.10 Å². The van der Waals surface area contributed by atoms with Crippen molar-refractivity contribution in [3.63, 3.8) is 0 Å². The van der Waals surface area contributed by atoms with Crippen LogP contribution in [0.15, 0.2) is 10.1 Å². The van der Waals surface area contributed by atoms with Gasteiger partial charge in [0.25, 0.3) is 0 Å². The lowest BCUT2D eigenvalue weighted by molar-refractivity contribution is -0.148. The lowest BCUT2D eigenvalue weighted by Crippen LogP contribution is -2.22. The first-order chi connectivity index (χ1) is 7.04. The van der Waals surface area contributed by atoms with Crippen LogP contribution in [0.1, 0.15) is 33.6 Å². The van der Waals surface area contributed by atoms with E-state index in [9.17, 15) is 4.79 Å². The van der Waals surface area contributed by atoms with Gasteiger partial charge in [0.15, 0.2) is 0 Å². The largest absolute Gasteiger partial charge is 0.461 e. The van der Waals surface area contributed by atoms with Crippen molar-refractivity contribution in [2.75, 3.05) is 0 Å². The van der Waals surface area contributed by atoms with Gasteiger partial charge in [0.2, 0.25) is 0 Å². The second-order valence-corrected chi connectivity index (χ2v) is 3.97. The van der Waals surface area contributed by atoms with Crippen molar-refractivity contribution < 1.29 is 9.53 Å². The van der Waals surface area contributed by atoms with Gasteiger partial charge in [-0.1, -0.05) is 0 Å². The molecule has 5 nitrogen and oxygen atoms in total. The molecule has 0 saturated carbocycles. The minimum absolute atomic E-state index is 0.102. The SMILES string of the molecule is CC(C)OC(=O)[C@@H]1CCC(C(C)N=N)=N1. The molecule has 0 radical (unpaired) electrons. The smallest absolute Gasteiger partial charge is 0.331 e. The highest BCUT2D eigenvalue weighted by atomic mass is 16.5. The Morgan fingerprint density at radius 2 is 2.27 bits per heavy atom. The van der Waals surface area contributed by atoms with E-state index in [4.69, 9.17) is 10.3 Å². The molecule has 1 aliphatic rings. The summed E-state index contributed by atoms with van der Waals surface area (Å²) in [6.07, 6.45) is 1.32. The van der Waals surface area contributed by atoms with E-state index in [0.29, 0.717) is 6.42 Å². The number of nitrogens with zero attached hydrogens (tertiary/aromatic N) is 2. The molecule has 0 aromatic carbocycles. The number of aliphatic imine (C=N–C) groups is 1. The fourth-order valence-corrected chi connectivity index (χ4v) is 1.49. The molecule has 5 heteroatoms. The molecule has 1 N–H and O–H groups in total. The molecule has 15 heavy (non-hydrogen) atoms. The van der Waals surface area contributed by atoms with E-state index in [1.54, 1.807) is 0 Å². The molecule has 84 valence electrons. The zero-order valence-corrected chi connectivity index (χ0v) is 9.36. The first-order valence-corrected chi connectivity index (χ1v) is 5.18. The van der Waals surface area contributed by atoms with Gasteiger partial charge in [-0.05, 0) is 33.6 Å². The maximum absolute atomic E-state index is 11.5. The van der Waals surface area contributed by atoms with E-state index in [1.165, 1.54) is 0 Å². The van der Waals surface area contributed by atoms with Gasteiger partial charge in [-0.15, -0.1) is 0 Å². The first kappa shape index (κ1) is 11.8. The highest BCUT2D eigenvalue weighted by Crippen LogP contribution is 2.18. The monoisotopic (exact) mass is 211 g/mol. The lowest BCUT2D eigenvalue weighted by atomic mass is 10.1. The third-order valence-electron chi connectivity index (χ3n) is 2.30. The molecule has 0 aliphatic carbocycles. The van der Waals surface area contributed by atoms with Crippen molar-refractivity contribution in [1.82, 2.24) is 0 Å². The number of ether oxygens (including phenoxy) is 1. The van der Waals surface area contributed by atoms with E-state index in [0.717, 1.165) is 12.1 Å². The van der Waals surface area contributed by atoms with Crippen LogP contribution in [0.2, 0.25) is 0 Å². The summed E-state index contributed by atoms with van der Waals surface area (Å²) in [6.45, 7) is 5.44. The molecule has 0 bridgehead atoms. The standard InChI is InChI=1S/C10H17N3O2/c1-6(2)15-10(14)9-5-4-8(12-9)7(3)13-11/h6-7,9,11H,4-5H2,1-3H3/t7?,9-/m0/s1. The van der Waals surface area contributed by atoms with Crippen molar-refractivity contribution in [2.45, 2.75) is 51.8 Å². The van der Waals surface area contributed by atoms with Crippen LogP contribution in [0.4, 0.5) is 0 Å². The number of hydrogen-bond acceptors (Lipinski definition) is 5. The normalized spacial score (nSPS) is 22.4. The van der Waals surface area contributed by atoms with E-state index in [1.807, 2.05) is 20.8 Å². The number of nitrogens with one attached hydrogen (secondary N) is 1. The van der Waals surface area contributed by atoms with Gasteiger partial charge in [-0.2, -0.15) is 5.11 Å². The molecule has 0 fully saturated rings. The highest BCUT2D eigenvalue weighted by Gasteiger charge is 2.28. The quantitative estimate of drug-likeness (QED) is 0.570. The average Bonchev–Trinajstić information content (AvgIpc) is 2.64. The number of hydrogen-bond donors (Lipinski definition) is 1. The van der Waals surface area contributed by atoms with E-state index in [2.05, 4.69) is 10.1 Å². The molecule has 0 aromatic rings. The summed E-state index contributed by atoms with van der Waals surface area (Å²) >= 11 is 0. The van der Waals surface area contributed by atoms with E-state index in [-0.39, 0.29) is 24.2 Å². The van der Waals surface area contributed by atoms with Gasteiger partial charge < -0.3 is 4.74 Å². The zero-order valence-electron chi connectivity index (χ0n) is 9.36. The van der Waals surface area contributed by atoms with E-state index < -0.39 is 0 Å². The summed E-state index contributed by atoms with van der Waals surface area (Å²) in [5, 5.41) is 3.39. The topological polar surface area (TPSA) is 74.9 Å². The van der Waals surface area contributed by atoms with Crippen LogP contribution in [-0.4, -0.2) is 29.9 Å². The maximum Gasteiger partial charge on any atom is 0.331 e. The number of carbonyl (C=O) groups is 1. The molecular formula is C10H17N3O2. The van der Waals surface area contributed by atoms with Crippen molar-refractivity contribution in [3.8, 4) is 0 Å². The number of carbonyl (C=O) groups excluding carboxylic acids is 1. The summed E-state index contributed by atoms with van der Waals surface area (Å²) in [5.74, 6) is -0.266. The molecule has 1 heterocycles. The van der Waals surface area contributed by atoms with Crippen molar-refractivity contribution in [1.29, 1.82) is 5.53 Å². The van der Waals surface area contributed by atoms with Gasteiger partial charge >= 0.3 is 5.97 Å². The molecule has 1 aliphatic heterocycles. The second-order valence-electron chi connectivity index (χ2n) is 3.97. The Labute approximate surface area is 89.4 Å². The Morgan fingerprint density at radius 3 is 2.80 bits per heavy atom. The minimum Gasteiger partial charge on any atom is -0.461 e. The van der Waals surface area contributed by atoms with Crippen LogP contribution >= 0.6 is 0 Å². The van der Waals surface area contributed by atoms with E-state index >= 15 is 0 Å². The van der Waals surface area contributed by atoms with Gasteiger partial charge in [0, 0.05) is 5.71 Å². The summed E-state index contributed by atoms with van der Waals surface area (Å²) in [5.41, 5.74) is 7.72. The Morgan fingerprint density at radius 1 is 1.60 bits per heavy atom. The Bertz CT molecular complexity index is 286. The number of rotatable bonds is 4. The van der Waals surface area contributed by atoms with Crippen LogP contribution < -0.4 is 0 Å². The maximum atomic E-state index is 11.5. The third kappa shape index (κ3) is 3.11. The third-order valence-corrected chi connectivity index (χ3v) is 2.30. The molecule has 1 unspecified atom stereocenters. The lowest BCUT2D eigenvalue weighted by Gasteiger charge is -2.10. The van der Waals surface area contributed by atoms with Crippen LogP contribution in [0.5, 0.6) is 0 Å². The van der Waals surface area contributed by atoms with Crippen LogP contribution in [0.3, 0.4) is 0 Å². The van der Waals surface area contributed by atoms with Crippen molar-refractivity contribution >= 4 is 11.7 Å². The Kier molecular flexibility index (Phi) is 3.94. The fraction of sp³-hybridized carbons (Fsp3) is 0.800. The summed E-state index contributed by atoms with van der Waals surface area (Å²) in [6, 6.07) is -0.589. The molecule has 0 amide bonds. The van der Waals surface area contributed by atoms with Crippen molar-refractivity contribution in [2.24, 2.45) is 10.1 Å². The van der Waals surface area contributed by atoms with Gasteiger partial charge in [0.1, 0.15) is 12.1 Å². The molecule has 2 atom stereocenters. The minimum atomic E-state index is -0.383. The molecular weight excluding hydrogens is 194 g/mol. The predicted octanol–water partition coefficient (Wildman–Crippen LogP) is 1.96. The average molecular weight is 211 g/mol. The first-order valence-electron chi connectivity index (χ1n) is 5.18. The molecule has 1 rings (SSSR count). The summed E-state index contributed by atoms with van der Waals surface area (Å²) < 4.78 is 5.07. The molecule has 0 saturated heterocycles. The summed E-state index contributed by atoms with van der Waals surface area (Å²) in [7, 11) is 0. The number of esters is 1. The molecule has 0 aromatic heterocycles. The van der Waals surface area contributed by atoms with Gasteiger partial charge in [-0.3, -0.25) is 4.99 Å². The van der Waals surface area contributed by atoms with Gasteiger partial charge in [-0.25, -0.2) is 10.3 Å². The molecule has 0 spiro atoms. The zero-order chi connectivity index (χ0) is 11.4. The fourth-order valence-electron chi connectivity index (χ4n) is 1.49. The van der Waals surface area contributed by atoms with Crippen LogP contribution in [-0.2, 0) is 9.53 Å².